The number of aromatic nitrogens is 5. The molecular formula is C30H30N6O3S. The van der Waals surface area contributed by atoms with Crippen LogP contribution >= 0.6 is 0 Å². The van der Waals surface area contributed by atoms with E-state index in [0.717, 1.165) is 44.8 Å². The molecule has 0 amide bonds. The van der Waals surface area contributed by atoms with Crippen LogP contribution < -0.4 is 9.64 Å². The lowest BCUT2D eigenvalue weighted by atomic mass is 9.91. The number of aryl methyl sites for hydroxylation is 1. The van der Waals surface area contributed by atoms with Crippen LogP contribution in [0.2, 0.25) is 0 Å². The highest BCUT2D eigenvalue weighted by atomic mass is 32.2. The summed E-state index contributed by atoms with van der Waals surface area (Å²) in [7, 11) is -1.42. The molecule has 0 unspecified atom stereocenters. The third-order valence-corrected chi connectivity index (χ3v) is 8.61. The Balaban J connectivity index is 1.48. The fraction of sp³-hybridized carbons (Fsp3) is 0.267. The number of hydrogen-bond donors (Lipinski definition) is 0. The molecule has 0 saturated carbocycles. The molecule has 1 aromatic carbocycles. The predicted octanol–water partition coefficient (Wildman–Crippen LogP) is 4.73. The molecular weight excluding hydrogens is 524 g/mol. The molecule has 5 aromatic rings. The maximum Gasteiger partial charge on any atom is 0.156 e. The van der Waals surface area contributed by atoms with E-state index in [4.69, 9.17) is 19.8 Å². The third kappa shape index (κ3) is 4.79. The van der Waals surface area contributed by atoms with Gasteiger partial charge in [-0.25, -0.2) is 18.1 Å². The molecule has 6 rings (SSSR count). The number of anilines is 1. The molecule has 2 atom stereocenters. The number of benzene rings is 1. The van der Waals surface area contributed by atoms with Crippen molar-refractivity contribution in [3.63, 3.8) is 0 Å². The van der Waals surface area contributed by atoms with Gasteiger partial charge in [0, 0.05) is 65.6 Å². The van der Waals surface area contributed by atoms with Crippen molar-refractivity contribution in [2.24, 2.45) is 5.92 Å². The van der Waals surface area contributed by atoms with Gasteiger partial charge in [-0.3, -0.25) is 9.97 Å². The molecule has 40 heavy (non-hydrogen) atoms. The first-order valence-electron chi connectivity index (χ1n) is 13.1. The summed E-state index contributed by atoms with van der Waals surface area (Å²) in [4.78, 5) is 16.4. The van der Waals surface area contributed by atoms with Crippen molar-refractivity contribution >= 4 is 26.4 Å². The lowest BCUT2D eigenvalue weighted by Crippen LogP contribution is -2.57. The minimum Gasteiger partial charge on any atom is -0.496 e. The molecule has 1 saturated heterocycles. The topological polar surface area (TPSA) is 103 Å². The zero-order valence-electron chi connectivity index (χ0n) is 22.8. The van der Waals surface area contributed by atoms with Crippen LogP contribution in [0.5, 0.6) is 5.75 Å². The lowest BCUT2D eigenvalue weighted by Gasteiger charge is -2.48. The van der Waals surface area contributed by atoms with E-state index in [1.54, 1.807) is 19.5 Å². The SMILES string of the molecule is COc1ccncc1-c1cc2c(cnn2-c2cc(N3C[C@H](CS(C)(=O)=O)[C@H]3C)cc(-c3ccccc3)n2)c(C)n1. The zero-order valence-corrected chi connectivity index (χ0v) is 23.6. The van der Waals surface area contributed by atoms with Gasteiger partial charge in [0.15, 0.2) is 5.82 Å². The first-order chi connectivity index (χ1) is 19.2. The van der Waals surface area contributed by atoms with Gasteiger partial charge in [-0.2, -0.15) is 5.10 Å². The summed E-state index contributed by atoms with van der Waals surface area (Å²) in [6.07, 6.45) is 6.55. The molecule has 0 N–H and O–H groups in total. The molecule has 0 spiro atoms. The van der Waals surface area contributed by atoms with Gasteiger partial charge in [0.05, 0.1) is 41.5 Å². The van der Waals surface area contributed by atoms with E-state index in [9.17, 15) is 8.42 Å². The molecule has 1 fully saturated rings. The Bertz CT molecular complexity index is 1820. The Morgan fingerprint density at radius 2 is 1.82 bits per heavy atom. The minimum atomic E-state index is -3.05. The van der Waals surface area contributed by atoms with E-state index in [2.05, 4.69) is 22.9 Å². The molecule has 9 nitrogen and oxygen atoms in total. The van der Waals surface area contributed by atoms with Gasteiger partial charge >= 0.3 is 0 Å². The molecule has 204 valence electrons. The van der Waals surface area contributed by atoms with Crippen molar-refractivity contribution in [1.29, 1.82) is 0 Å². The van der Waals surface area contributed by atoms with Crippen LogP contribution in [-0.2, 0) is 9.84 Å². The Morgan fingerprint density at radius 1 is 1.02 bits per heavy atom. The number of hydrogen-bond acceptors (Lipinski definition) is 8. The number of fused-ring (bicyclic) bond motifs is 1. The molecule has 0 bridgehead atoms. The van der Waals surface area contributed by atoms with Crippen molar-refractivity contribution in [2.45, 2.75) is 19.9 Å². The van der Waals surface area contributed by atoms with Crippen molar-refractivity contribution in [3.8, 4) is 34.1 Å². The molecule has 1 aliphatic heterocycles. The quantitative estimate of drug-likeness (QED) is 0.285. The van der Waals surface area contributed by atoms with Gasteiger partial charge in [-0.15, -0.1) is 0 Å². The normalized spacial score (nSPS) is 17.1. The number of ether oxygens (including phenoxy) is 1. The summed E-state index contributed by atoms with van der Waals surface area (Å²) < 4.78 is 31.3. The molecule has 4 aromatic heterocycles. The van der Waals surface area contributed by atoms with E-state index in [-0.39, 0.29) is 17.7 Å². The summed E-state index contributed by atoms with van der Waals surface area (Å²) in [6.45, 7) is 4.71. The second-order valence-electron chi connectivity index (χ2n) is 10.3. The van der Waals surface area contributed by atoms with Gasteiger partial charge in [0.2, 0.25) is 0 Å². The smallest absolute Gasteiger partial charge is 0.156 e. The first kappa shape index (κ1) is 25.9. The maximum atomic E-state index is 11.9. The summed E-state index contributed by atoms with van der Waals surface area (Å²) in [6, 6.07) is 18.0. The fourth-order valence-corrected chi connectivity index (χ4v) is 6.55. The Kier molecular flexibility index (Phi) is 6.50. The maximum absolute atomic E-state index is 11.9. The summed E-state index contributed by atoms with van der Waals surface area (Å²) in [5.41, 5.74) is 6.01. The summed E-state index contributed by atoms with van der Waals surface area (Å²) >= 11 is 0. The number of rotatable bonds is 7. The summed E-state index contributed by atoms with van der Waals surface area (Å²) in [5.74, 6) is 1.63. The van der Waals surface area contributed by atoms with E-state index < -0.39 is 9.84 Å². The molecule has 1 aliphatic rings. The Morgan fingerprint density at radius 3 is 2.55 bits per heavy atom. The van der Waals surface area contributed by atoms with Crippen molar-refractivity contribution in [2.75, 3.05) is 30.6 Å². The van der Waals surface area contributed by atoms with Crippen LogP contribution in [0.25, 0.3) is 39.2 Å². The van der Waals surface area contributed by atoms with Gasteiger partial charge in [-0.1, -0.05) is 30.3 Å². The van der Waals surface area contributed by atoms with Gasteiger partial charge < -0.3 is 9.64 Å². The van der Waals surface area contributed by atoms with Crippen LogP contribution in [0.3, 0.4) is 0 Å². The van der Waals surface area contributed by atoms with Crippen LogP contribution in [-0.4, -0.2) is 64.9 Å². The highest BCUT2D eigenvalue weighted by Crippen LogP contribution is 2.36. The Hall–Kier alpha value is -4.31. The largest absolute Gasteiger partial charge is 0.496 e. The number of methoxy groups -OCH3 is 1. The Labute approximate surface area is 233 Å². The average molecular weight is 555 g/mol. The second kappa shape index (κ2) is 10.0. The number of sulfone groups is 1. The molecule has 0 radical (unpaired) electrons. The van der Waals surface area contributed by atoms with Crippen LogP contribution in [0.15, 0.2) is 73.2 Å². The van der Waals surface area contributed by atoms with Gasteiger partial charge in [0.1, 0.15) is 15.6 Å². The third-order valence-electron chi connectivity index (χ3n) is 7.57. The highest BCUT2D eigenvalue weighted by Gasteiger charge is 2.38. The minimum absolute atomic E-state index is 0.0825. The van der Waals surface area contributed by atoms with Gasteiger partial charge in [0.25, 0.3) is 0 Å². The first-order valence-corrected chi connectivity index (χ1v) is 15.1. The van der Waals surface area contributed by atoms with E-state index in [1.165, 1.54) is 6.26 Å². The average Bonchev–Trinajstić information content (AvgIpc) is 3.39. The summed E-state index contributed by atoms with van der Waals surface area (Å²) in [5, 5.41) is 5.66. The predicted molar refractivity (Wildman–Crippen MR) is 157 cm³/mol. The van der Waals surface area contributed by atoms with Gasteiger partial charge in [-0.05, 0) is 32.0 Å². The standard InChI is InChI=1S/C30H30N6O3S/c1-19-24-16-32-36(28(24)14-27(33-19)25-15-31-11-10-29(25)39-3)30-13-23(12-26(34-30)21-8-6-5-7-9-21)35-17-22(20(35)2)18-40(4,37)38/h5-16,20,22H,17-18H2,1-4H3/t20-,22-/m1/s1. The molecule has 10 heteroatoms. The monoisotopic (exact) mass is 554 g/mol. The van der Waals surface area contributed by atoms with Crippen molar-refractivity contribution in [3.05, 3.63) is 78.9 Å². The highest BCUT2D eigenvalue weighted by molar-refractivity contribution is 7.90. The molecule has 5 heterocycles. The lowest BCUT2D eigenvalue weighted by molar-refractivity contribution is 0.341. The van der Waals surface area contributed by atoms with E-state index in [0.29, 0.717) is 18.1 Å². The molecule has 0 aliphatic carbocycles. The van der Waals surface area contributed by atoms with Crippen LogP contribution in [0, 0.1) is 12.8 Å². The fourth-order valence-electron chi connectivity index (χ4n) is 5.39. The number of pyridine rings is 3. The van der Waals surface area contributed by atoms with Crippen LogP contribution in [0.4, 0.5) is 5.69 Å². The zero-order chi connectivity index (χ0) is 28.0. The van der Waals surface area contributed by atoms with Crippen molar-refractivity contribution < 1.29 is 13.2 Å². The number of nitrogens with zero attached hydrogens (tertiary/aromatic N) is 6. The van der Waals surface area contributed by atoms with Crippen molar-refractivity contribution in [1.82, 2.24) is 24.7 Å². The second-order valence-corrected chi connectivity index (χ2v) is 12.5. The van der Waals surface area contributed by atoms with E-state index >= 15 is 0 Å². The van der Waals surface area contributed by atoms with E-state index in [1.807, 2.05) is 66.3 Å². The van der Waals surface area contributed by atoms with Crippen LogP contribution in [0.1, 0.15) is 12.6 Å².